The van der Waals surface area contributed by atoms with Crippen LogP contribution >= 0.6 is 31.9 Å². The molecule has 0 radical (unpaired) electrons. The van der Waals surface area contributed by atoms with E-state index in [0.29, 0.717) is 0 Å². The van der Waals surface area contributed by atoms with Gasteiger partial charge in [-0.1, -0.05) is 44.0 Å². The van der Waals surface area contributed by atoms with Gasteiger partial charge in [-0.15, -0.1) is 0 Å². The van der Waals surface area contributed by atoms with E-state index in [9.17, 15) is 13.8 Å². The van der Waals surface area contributed by atoms with Crippen molar-refractivity contribution in [1.82, 2.24) is 5.32 Å². The number of hydrogen-bond acceptors (Lipinski definition) is 6. The summed E-state index contributed by atoms with van der Waals surface area (Å²) in [5, 5.41) is 35.7. The summed E-state index contributed by atoms with van der Waals surface area (Å²) in [6, 6.07) is 13.8. The SMILES string of the molecule is CNCCCc1cccc(S(=O)c2cc(Br)cc(Br)c2)c1.O=C(O)C(O)C(O)C(=O)O. The normalized spacial score (nSPS) is 13.5. The molecule has 0 saturated heterocycles. The fraction of sp³-hybridized carbons (Fsp3) is 0.300. The van der Waals surface area contributed by atoms with E-state index in [1.54, 1.807) is 0 Å². The van der Waals surface area contributed by atoms with Crippen LogP contribution in [0.2, 0.25) is 0 Å². The number of aryl methyl sites for hydroxylation is 1. The number of aliphatic hydroxyl groups is 2. The van der Waals surface area contributed by atoms with Crippen LogP contribution in [-0.4, -0.2) is 62.4 Å². The molecule has 3 unspecified atom stereocenters. The number of carboxylic acid groups (broad SMARTS) is 2. The van der Waals surface area contributed by atoms with Gasteiger partial charge >= 0.3 is 11.9 Å². The van der Waals surface area contributed by atoms with Crippen LogP contribution in [0, 0.1) is 0 Å². The predicted molar refractivity (Wildman–Crippen MR) is 122 cm³/mol. The lowest BCUT2D eigenvalue weighted by molar-refractivity contribution is -0.165. The Labute approximate surface area is 199 Å². The Bertz CT molecular complexity index is 888. The monoisotopic (exact) mass is 579 g/mol. The third-order valence-corrected chi connectivity index (χ3v) is 6.12. The molecule has 0 saturated carbocycles. The van der Waals surface area contributed by atoms with Crippen molar-refractivity contribution < 1.29 is 34.2 Å². The van der Waals surface area contributed by atoms with Gasteiger partial charge in [-0.2, -0.15) is 0 Å². The van der Waals surface area contributed by atoms with Gasteiger partial charge in [0.15, 0.2) is 12.2 Å². The molecule has 170 valence electrons. The summed E-state index contributed by atoms with van der Waals surface area (Å²) in [5.74, 6) is -3.54. The fourth-order valence-corrected chi connectivity index (χ4v) is 5.12. The molecule has 0 amide bonds. The van der Waals surface area contributed by atoms with Crippen LogP contribution < -0.4 is 5.32 Å². The maximum absolute atomic E-state index is 12.7. The van der Waals surface area contributed by atoms with E-state index in [2.05, 4.69) is 43.2 Å². The van der Waals surface area contributed by atoms with Gasteiger partial charge in [0.2, 0.25) is 0 Å². The van der Waals surface area contributed by atoms with Gasteiger partial charge < -0.3 is 25.7 Å². The third-order valence-electron chi connectivity index (χ3n) is 3.86. The Morgan fingerprint density at radius 1 is 0.968 bits per heavy atom. The quantitative estimate of drug-likeness (QED) is 0.284. The highest BCUT2D eigenvalue weighted by atomic mass is 79.9. The second-order valence-corrected chi connectivity index (χ2v) is 9.61. The van der Waals surface area contributed by atoms with Gasteiger partial charge in [0, 0.05) is 18.7 Å². The molecule has 3 atom stereocenters. The second kappa shape index (κ2) is 13.7. The Morgan fingerprint density at radius 3 is 2.00 bits per heavy atom. The molecule has 8 nitrogen and oxygen atoms in total. The second-order valence-electron chi connectivity index (χ2n) is 6.29. The summed E-state index contributed by atoms with van der Waals surface area (Å²) in [5.41, 5.74) is 1.23. The highest BCUT2D eigenvalue weighted by Gasteiger charge is 2.29. The largest absolute Gasteiger partial charge is 0.479 e. The molecule has 0 heterocycles. The number of carbonyl (C=O) groups is 2. The van der Waals surface area contributed by atoms with Crippen molar-refractivity contribution in [3.8, 4) is 0 Å². The summed E-state index contributed by atoms with van der Waals surface area (Å²) in [6.45, 7) is 0.992. The van der Waals surface area contributed by atoms with Crippen LogP contribution in [0.4, 0.5) is 0 Å². The zero-order valence-electron chi connectivity index (χ0n) is 16.5. The first-order valence-corrected chi connectivity index (χ1v) is 11.7. The average Bonchev–Trinajstić information content (AvgIpc) is 2.72. The lowest BCUT2D eigenvalue weighted by Gasteiger charge is -2.07. The molecule has 0 spiro atoms. The lowest BCUT2D eigenvalue weighted by Crippen LogP contribution is -2.39. The first-order chi connectivity index (χ1) is 14.6. The van der Waals surface area contributed by atoms with Crippen LogP contribution in [-0.2, 0) is 26.8 Å². The minimum Gasteiger partial charge on any atom is -0.479 e. The molecule has 2 rings (SSSR count). The Hall–Kier alpha value is -1.63. The average molecular weight is 581 g/mol. The van der Waals surface area contributed by atoms with Crippen LogP contribution in [0.15, 0.2) is 61.2 Å². The van der Waals surface area contributed by atoms with Crippen LogP contribution in [0.1, 0.15) is 12.0 Å². The van der Waals surface area contributed by atoms with Crippen LogP contribution in [0.5, 0.6) is 0 Å². The van der Waals surface area contributed by atoms with Gasteiger partial charge in [0.05, 0.1) is 10.8 Å². The van der Waals surface area contributed by atoms with Crippen molar-refractivity contribution in [1.29, 1.82) is 0 Å². The summed E-state index contributed by atoms with van der Waals surface area (Å²) in [7, 11) is 0.794. The van der Waals surface area contributed by atoms with E-state index in [1.165, 1.54) is 5.56 Å². The smallest absolute Gasteiger partial charge is 0.335 e. The van der Waals surface area contributed by atoms with Gasteiger partial charge in [0.25, 0.3) is 0 Å². The minimum absolute atomic E-state index is 0.795. The van der Waals surface area contributed by atoms with E-state index in [4.69, 9.17) is 20.4 Å². The summed E-state index contributed by atoms with van der Waals surface area (Å²) in [6.07, 6.45) is -2.46. The van der Waals surface area contributed by atoms with Crippen molar-refractivity contribution >= 4 is 54.6 Å². The van der Waals surface area contributed by atoms with Crippen LogP contribution in [0.3, 0.4) is 0 Å². The van der Waals surface area contributed by atoms with E-state index in [-0.39, 0.29) is 0 Å². The number of benzene rings is 2. The predicted octanol–water partition coefficient (Wildman–Crippen LogP) is 2.41. The van der Waals surface area contributed by atoms with Crippen LogP contribution in [0.25, 0.3) is 0 Å². The summed E-state index contributed by atoms with van der Waals surface area (Å²) >= 11 is 6.88. The zero-order valence-corrected chi connectivity index (χ0v) is 20.5. The number of rotatable bonds is 9. The summed E-state index contributed by atoms with van der Waals surface area (Å²) in [4.78, 5) is 21.2. The number of nitrogens with one attached hydrogen (secondary N) is 1. The molecule has 0 aliphatic carbocycles. The molecular formula is C20H23Br2NO7S. The molecule has 2 aromatic rings. The van der Waals surface area contributed by atoms with Gasteiger partial charge in [0.1, 0.15) is 0 Å². The first kappa shape index (κ1) is 27.4. The van der Waals surface area contributed by atoms with E-state index in [1.807, 2.05) is 43.4 Å². The van der Waals surface area contributed by atoms with Gasteiger partial charge in [-0.05, 0) is 62.3 Å². The number of aliphatic carboxylic acids is 2. The van der Waals surface area contributed by atoms with Crippen molar-refractivity contribution in [3.63, 3.8) is 0 Å². The fourth-order valence-electron chi connectivity index (χ4n) is 2.33. The molecular weight excluding hydrogens is 558 g/mol. The molecule has 0 aliphatic rings. The van der Waals surface area contributed by atoms with E-state index >= 15 is 0 Å². The molecule has 0 fully saturated rings. The minimum atomic E-state index is -2.27. The van der Waals surface area contributed by atoms with Crippen molar-refractivity contribution in [2.75, 3.05) is 13.6 Å². The Morgan fingerprint density at radius 2 is 1.52 bits per heavy atom. The molecule has 0 aliphatic heterocycles. The zero-order chi connectivity index (χ0) is 23.6. The van der Waals surface area contributed by atoms with Crippen molar-refractivity contribution in [2.24, 2.45) is 0 Å². The van der Waals surface area contributed by atoms with E-state index < -0.39 is 34.9 Å². The van der Waals surface area contributed by atoms with Gasteiger partial charge in [-0.25, -0.2) is 13.8 Å². The molecule has 2 aromatic carbocycles. The molecule has 0 bridgehead atoms. The first-order valence-electron chi connectivity index (χ1n) is 9.00. The number of hydrogen-bond donors (Lipinski definition) is 5. The number of carboxylic acids is 2. The topological polar surface area (TPSA) is 144 Å². The third kappa shape index (κ3) is 9.58. The molecule has 11 heteroatoms. The van der Waals surface area contributed by atoms with Crippen molar-refractivity contribution in [2.45, 2.75) is 34.8 Å². The summed E-state index contributed by atoms with van der Waals surface area (Å²) < 4.78 is 14.5. The highest BCUT2D eigenvalue weighted by Crippen LogP contribution is 2.25. The highest BCUT2D eigenvalue weighted by molar-refractivity contribution is 9.11. The Kier molecular flexibility index (Phi) is 12.1. The van der Waals surface area contributed by atoms with E-state index in [0.717, 1.165) is 38.1 Å². The molecule has 0 aromatic heterocycles. The number of halogens is 2. The maximum Gasteiger partial charge on any atom is 0.335 e. The molecule has 5 N–H and O–H groups in total. The Balaban J connectivity index is 0.000000407. The molecule has 31 heavy (non-hydrogen) atoms. The number of aliphatic hydroxyl groups excluding tert-OH is 2. The maximum atomic E-state index is 12.7. The standard InChI is InChI=1S/C16H17Br2NOS.C4H6O6/c1-19-7-3-5-12-4-2-6-15(8-12)21(20)16-10-13(17)9-14(18)11-16;5-1(3(7)8)2(6)4(9)10/h2,4,6,8-11,19H,3,5,7H2,1H3;1-2,5-6H,(H,7,8)(H,9,10). The van der Waals surface area contributed by atoms with Gasteiger partial charge in [-0.3, -0.25) is 0 Å². The lowest BCUT2D eigenvalue weighted by atomic mass is 10.1. The van der Waals surface area contributed by atoms with Crippen molar-refractivity contribution in [3.05, 3.63) is 57.0 Å².